The number of carboxylic acid groups (broad SMARTS) is 1. The van der Waals surface area contributed by atoms with Crippen LogP contribution in [0.25, 0.3) is 11.1 Å². The van der Waals surface area contributed by atoms with Crippen LogP contribution in [-0.4, -0.2) is 67.0 Å². The van der Waals surface area contributed by atoms with E-state index < -0.39 is 6.09 Å². The summed E-state index contributed by atoms with van der Waals surface area (Å²) in [6.07, 6.45) is 7.00. The quantitative estimate of drug-likeness (QED) is 0.845. The molecule has 0 unspecified atom stereocenters. The van der Waals surface area contributed by atoms with Crippen LogP contribution in [-0.2, 0) is 0 Å². The average molecular weight is 392 g/mol. The fraction of sp³-hybridized carbons (Fsp3) is 0.400. The summed E-state index contributed by atoms with van der Waals surface area (Å²) in [6.45, 7) is 0.865. The lowest BCUT2D eigenvalue weighted by Gasteiger charge is -2.37. The van der Waals surface area contributed by atoms with Crippen LogP contribution in [0.15, 0.2) is 30.7 Å². The second-order valence-corrected chi connectivity index (χ2v) is 7.28. The Morgan fingerprint density at radius 2 is 1.62 bits per heavy atom. The second-order valence-electron chi connectivity index (χ2n) is 7.28. The van der Waals surface area contributed by atoms with Crippen molar-refractivity contribution in [2.45, 2.75) is 37.8 Å². The van der Waals surface area contributed by atoms with Gasteiger partial charge in [0.2, 0.25) is 5.82 Å². The Labute approximate surface area is 167 Å². The van der Waals surface area contributed by atoms with Crippen molar-refractivity contribution in [3.05, 3.63) is 42.2 Å². The number of hydrogen-bond acceptors (Lipinski definition) is 6. The van der Waals surface area contributed by atoms with Crippen LogP contribution in [0.2, 0.25) is 0 Å². The van der Waals surface area contributed by atoms with E-state index >= 15 is 0 Å². The number of carbonyl (C=O) groups excluding carboxylic acids is 1. The maximum atomic E-state index is 13.1. The Morgan fingerprint density at radius 1 is 1.00 bits per heavy atom. The summed E-state index contributed by atoms with van der Waals surface area (Å²) in [7, 11) is 0. The average Bonchev–Trinajstić information content (AvgIpc) is 3.59. The smallest absolute Gasteiger partial charge is 0.407 e. The fourth-order valence-corrected chi connectivity index (χ4v) is 3.65. The number of rotatable bonds is 4. The Bertz CT molecular complexity index is 942. The van der Waals surface area contributed by atoms with Gasteiger partial charge in [0, 0.05) is 54.9 Å². The lowest BCUT2D eigenvalue weighted by molar-refractivity contribution is 0.0539. The van der Waals surface area contributed by atoms with Gasteiger partial charge in [0.05, 0.1) is 0 Å². The minimum absolute atomic E-state index is 0.0107. The first kappa shape index (κ1) is 18.8. The molecule has 2 amide bonds. The highest BCUT2D eigenvalue weighted by Gasteiger charge is 2.40. The van der Waals surface area contributed by atoms with E-state index in [1.54, 1.807) is 30.7 Å². The SMILES string of the molecule is N#Cc1ccc(-c2cnc(C(=O)N(C3CC3)C3CCN(C(=O)O)CC3)nc2)cn1. The number of aromatic nitrogens is 3. The predicted molar refractivity (Wildman–Crippen MR) is 102 cm³/mol. The molecular weight excluding hydrogens is 372 g/mol. The number of nitriles is 1. The summed E-state index contributed by atoms with van der Waals surface area (Å²) in [5, 5.41) is 18.0. The van der Waals surface area contributed by atoms with Crippen molar-refractivity contribution in [3.8, 4) is 17.2 Å². The molecule has 2 fully saturated rings. The zero-order valence-corrected chi connectivity index (χ0v) is 15.7. The topological polar surface area (TPSA) is 123 Å². The van der Waals surface area contributed by atoms with Gasteiger partial charge < -0.3 is 14.9 Å². The van der Waals surface area contributed by atoms with E-state index in [0.29, 0.717) is 37.2 Å². The van der Waals surface area contributed by atoms with E-state index in [1.165, 1.54) is 4.90 Å². The van der Waals surface area contributed by atoms with Crippen LogP contribution in [0.3, 0.4) is 0 Å². The number of nitrogens with zero attached hydrogens (tertiary/aromatic N) is 6. The van der Waals surface area contributed by atoms with E-state index in [9.17, 15) is 9.59 Å². The van der Waals surface area contributed by atoms with Gasteiger partial charge in [-0.15, -0.1) is 0 Å². The van der Waals surface area contributed by atoms with Crippen molar-refractivity contribution in [2.75, 3.05) is 13.1 Å². The number of amides is 2. The van der Waals surface area contributed by atoms with E-state index in [-0.39, 0.29) is 23.8 Å². The molecule has 0 radical (unpaired) electrons. The van der Waals surface area contributed by atoms with Crippen molar-refractivity contribution in [1.82, 2.24) is 24.8 Å². The third kappa shape index (κ3) is 4.01. The molecular formula is C20H20N6O3. The molecule has 29 heavy (non-hydrogen) atoms. The first-order valence-corrected chi connectivity index (χ1v) is 9.56. The molecule has 0 spiro atoms. The van der Waals surface area contributed by atoms with Gasteiger partial charge in [0.1, 0.15) is 11.8 Å². The Balaban J connectivity index is 1.48. The number of pyridine rings is 1. The van der Waals surface area contributed by atoms with Gasteiger partial charge >= 0.3 is 6.09 Å². The first-order valence-electron chi connectivity index (χ1n) is 9.56. The number of carbonyl (C=O) groups is 2. The zero-order chi connectivity index (χ0) is 20.4. The molecule has 2 aromatic rings. The van der Waals surface area contributed by atoms with Crippen molar-refractivity contribution in [1.29, 1.82) is 5.26 Å². The Hall–Kier alpha value is -3.54. The number of likely N-dealkylation sites (tertiary alicyclic amines) is 1. The molecule has 148 valence electrons. The highest BCUT2D eigenvalue weighted by Crippen LogP contribution is 2.33. The van der Waals surface area contributed by atoms with Crippen molar-refractivity contribution < 1.29 is 14.7 Å². The van der Waals surface area contributed by atoms with Gasteiger partial charge in [0.25, 0.3) is 5.91 Å². The molecule has 2 aliphatic rings. The van der Waals surface area contributed by atoms with Crippen molar-refractivity contribution in [2.24, 2.45) is 0 Å². The monoisotopic (exact) mass is 392 g/mol. The molecule has 0 bridgehead atoms. The summed E-state index contributed by atoms with van der Waals surface area (Å²) in [6, 6.07) is 5.55. The van der Waals surface area contributed by atoms with Crippen molar-refractivity contribution >= 4 is 12.0 Å². The summed E-state index contributed by atoms with van der Waals surface area (Å²) in [5.74, 6) is -0.0614. The predicted octanol–water partition coefficient (Wildman–Crippen LogP) is 2.16. The number of piperidine rings is 1. The standard InChI is InChI=1S/C20H20N6O3/c21-9-15-2-1-13(10-22-15)14-11-23-18(24-12-14)19(27)26(16-3-4-16)17-5-7-25(8-6-17)20(28)29/h1-2,10-12,16-17H,3-8H2,(H,28,29). The minimum atomic E-state index is -0.913. The Kier molecular flexibility index (Phi) is 5.08. The van der Waals surface area contributed by atoms with Crippen LogP contribution in [0.4, 0.5) is 4.79 Å². The number of hydrogen-bond donors (Lipinski definition) is 1. The molecule has 2 aromatic heterocycles. The normalized spacial score (nSPS) is 16.9. The zero-order valence-electron chi connectivity index (χ0n) is 15.7. The lowest BCUT2D eigenvalue weighted by Crippen LogP contribution is -2.49. The molecule has 9 nitrogen and oxygen atoms in total. The highest BCUT2D eigenvalue weighted by molar-refractivity contribution is 5.91. The third-order valence-electron chi connectivity index (χ3n) is 5.36. The van der Waals surface area contributed by atoms with Gasteiger partial charge in [-0.1, -0.05) is 0 Å². The second kappa shape index (κ2) is 7.83. The van der Waals surface area contributed by atoms with Crippen LogP contribution in [0.1, 0.15) is 42.0 Å². The van der Waals surface area contributed by atoms with Gasteiger partial charge in [0.15, 0.2) is 0 Å². The molecule has 1 saturated heterocycles. The van der Waals surface area contributed by atoms with E-state index in [1.807, 2.05) is 11.0 Å². The third-order valence-corrected chi connectivity index (χ3v) is 5.36. The van der Waals surface area contributed by atoms with E-state index in [0.717, 1.165) is 18.4 Å². The van der Waals surface area contributed by atoms with Crippen LogP contribution < -0.4 is 0 Å². The molecule has 4 rings (SSSR count). The summed E-state index contributed by atoms with van der Waals surface area (Å²) in [5.41, 5.74) is 1.81. The van der Waals surface area contributed by atoms with Crippen molar-refractivity contribution in [3.63, 3.8) is 0 Å². The summed E-state index contributed by atoms with van der Waals surface area (Å²) < 4.78 is 0. The fourth-order valence-electron chi connectivity index (χ4n) is 3.65. The minimum Gasteiger partial charge on any atom is -0.465 e. The molecule has 1 aliphatic heterocycles. The Morgan fingerprint density at radius 3 is 2.14 bits per heavy atom. The summed E-state index contributed by atoms with van der Waals surface area (Å²) >= 11 is 0. The maximum absolute atomic E-state index is 13.1. The molecule has 0 atom stereocenters. The molecule has 1 saturated carbocycles. The molecule has 1 N–H and O–H groups in total. The molecule has 1 aliphatic carbocycles. The molecule has 0 aromatic carbocycles. The van der Waals surface area contributed by atoms with Crippen LogP contribution in [0, 0.1) is 11.3 Å². The van der Waals surface area contributed by atoms with E-state index in [2.05, 4.69) is 15.0 Å². The van der Waals surface area contributed by atoms with Crippen LogP contribution in [0.5, 0.6) is 0 Å². The lowest BCUT2D eigenvalue weighted by atomic mass is 10.0. The van der Waals surface area contributed by atoms with E-state index in [4.69, 9.17) is 10.4 Å². The first-order chi connectivity index (χ1) is 14.1. The van der Waals surface area contributed by atoms with Gasteiger partial charge in [-0.25, -0.2) is 19.7 Å². The maximum Gasteiger partial charge on any atom is 0.407 e. The van der Waals surface area contributed by atoms with Gasteiger partial charge in [-0.2, -0.15) is 5.26 Å². The molecule has 3 heterocycles. The van der Waals surface area contributed by atoms with Gasteiger partial charge in [-0.05, 0) is 37.8 Å². The highest BCUT2D eigenvalue weighted by atomic mass is 16.4. The molecule has 9 heteroatoms. The largest absolute Gasteiger partial charge is 0.465 e. The van der Waals surface area contributed by atoms with Crippen LogP contribution >= 0.6 is 0 Å². The van der Waals surface area contributed by atoms with Gasteiger partial charge in [-0.3, -0.25) is 4.79 Å². The summed E-state index contributed by atoms with van der Waals surface area (Å²) in [4.78, 5) is 40.0.